The van der Waals surface area contributed by atoms with Crippen molar-refractivity contribution in [2.45, 2.75) is 25.1 Å². The molecule has 0 bridgehead atoms. The van der Waals surface area contributed by atoms with Crippen LogP contribution in [0, 0.1) is 0 Å². The number of carbonyl (C=O) groups is 1. The van der Waals surface area contributed by atoms with E-state index in [0.717, 1.165) is 16.3 Å². The zero-order chi connectivity index (χ0) is 12.1. The predicted octanol–water partition coefficient (Wildman–Crippen LogP) is 3.90. The van der Waals surface area contributed by atoms with E-state index >= 15 is 0 Å². The summed E-state index contributed by atoms with van der Waals surface area (Å²) in [5.74, 6) is 0. The molecule has 2 heteroatoms. The molecule has 2 aromatic carbocycles. The summed E-state index contributed by atoms with van der Waals surface area (Å²) in [5.41, 5.74) is 0.875. The van der Waals surface area contributed by atoms with E-state index in [1.807, 2.05) is 30.3 Å². The average molecular weight is 291 g/mol. The summed E-state index contributed by atoms with van der Waals surface area (Å²) in [5, 5.41) is 3.42. The van der Waals surface area contributed by atoms with Crippen molar-refractivity contribution < 1.29 is 4.79 Å². The molecule has 0 unspecified atom stereocenters. The van der Waals surface area contributed by atoms with Crippen molar-refractivity contribution in [3.63, 3.8) is 0 Å². The van der Waals surface area contributed by atoms with Gasteiger partial charge in [0.2, 0.25) is 0 Å². The molecule has 0 saturated heterocycles. The van der Waals surface area contributed by atoms with Crippen molar-refractivity contribution >= 4 is 30.4 Å². The summed E-state index contributed by atoms with van der Waals surface area (Å²) in [6, 6.07) is 14.2. The molecule has 2 aromatic rings. The van der Waals surface area contributed by atoms with Gasteiger partial charge in [0.15, 0.2) is 0 Å². The number of unbranched alkanes of at least 4 members (excludes halogenated alkanes) is 1. The summed E-state index contributed by atoms with van der Waals surface area (Å²) in [6.45, 7) is 2.16. The second-order valence-corrected chi connectivity index (χ2v) is 6.29. The first kappa shape index (κ1) is 12.3. The Morgan fingerprint density at radius 3 is 2.65 bits per heavy atom. The van der Waals surface area contributed by atoms with Crippen molar-refractivity contribution in [2.24, 2.45) is 0 Å². The van der Waals surface area contributed by atoms with E-state index in [9.17, 15) is 4.79 Å². The van der Waals surface area contributed by atoms with Gasteiger partial charge in [-0.05, 0) is 0 Å². The average Bonchev–Trinajstić information content (AvgIpc) is 2.38. The van der Waals surface area contributed by atoms with Crippen LogP contribution in [-0.4, -0.2) is 19.6 Å². The maximum absolute atomic E-state index is 12.0. The van der Waals surface area contributed by atoms with Crippen LogP contribution in [0.2, 0.25) is 5.32 Å². The molecule has 0 atom stereocenters. The molecule has 0 aliphatic heterocycles. The molecule has 0 fully saturated rings. The molecule has 1 nitrogen and oxygen atoms in total. The van der Waals surface area contributed by atoms with Crippen LogP contribution in [0.3, 0.4) is 0 Å². The first-order valence-corrected chi connectivity index (χ1v) is 8.04. The van der Waals surface area contributed by atoms with Crippen LogP contribution < -0.4 is 0 Å². The second-order valence-electron chi connectivity index (χ2n) is 4.05. The third-order valence-electron chi connectivity index (χ3n) is 2.72. The minimum atomic E-state index is 0.110. The van der Waals surface area contributed by atoms with Crippen LogP contribution in [0.4, 0.5) is 0 Å². The van der Waals surface area contributed by atoms with Crippen molar-refractivity contribution in [1.82, 2.24) is 0 Å². The molecule has 0 spiro atoms. The molecule has 0 aromatic heterocycles. The Labute approximate surface area is 108 Å². The Bertz CT molecular complexity index is 519. The standard InChI is InChI=1S/C15H16OSe/c1-2-3-10-17-15(16)14-9-8-12-6-4-5-7-13(12)11-14/h4-9,11H,2-3,10H2,1H3. The predicted molar refractivity (Wildman–Crippen MR) is 73.7 cm³/mol. The van der Waals surface area contributed by atoms with Gasteiger partial charge in [-0.15, -0.1) is 0 Å². The van der Waals surface area contributed by atoms with Gasteiger partial charge < -0.3 is 0 Å². The zero-order valence-electron chi connectivity index (χ0n) is 9.98. The quantitative estimate of drug-likeness (QED) is 0.603. The third-order valence-corrected chi connectivity index (χ3v) is 4.79. The Hall–Kier alpha value is -1.11. The van der Waals surface area contributed by atoms with Crippen LogP contribution >= 0.6 is 0 Å². The summed E-state index contributed by atoms with van der Waals surface area (Å²) in [4.78, 5) is 12.0. The van der Waals surface area contributed by atoms with E-state index < -0.39 is 0 Å². The Morgan fingerprint density at radius 1 is 1.12 bits per heavy atom. The van der Waals surface area contributed by atoms with E-state index in [4.69, 9.17) is 0 Å². The summed E-state index contributed by atoms with van der Waals surface area (Å²) in [6.07, 6.45) is 2.34. The van der Waals surface area contributed by atoms with Crippen molar-refractivity contribution in [3.05, 3.63) is 48.0 Å². The summed E-state index contributed by atoms with van der Waals surface area (Å²) >= 11 is 0.110. The minimum absolute atomic E-state index is 0.110. The van der Waals surface area contributed by atoms with Crippen LogP contribution in [-0.2, 0) is 0 Å². The number of benzene rings is 2. The van der Waals surface area contributed by atoms with Gasteiger partial charge in [-0.1, -0.05) is 0 Å². The van der Waals surface area contributed by atoms with Gasteiger partial charge in [0, 0.05) is 0 Å². The fourth-order valence-corrected chi connectivity index (χ4v) is 3.62. The molecule has 0 amide bonds. The number of hydrogen-bond donors (Lipinski definition) is 0. The molecule has 0 N–H and O–H groups in total. The van der Waals surface area contributed by atoms with E-state index in [2.05, 4.69) is 19.1 Å². The molecule has 0 heterocycles. The van der Waals surface area contributed by atoms with E-state index in [1.165, 1.54) is 18.2 Å². The normalized spacial score (nSPS) is 10.6. The van der Waals surface area contributed by atoms with Gasteiger partial charge in [0.25, 0.3) is 0 Å². The Morgan fingerprint density at radius 2 is 1.88 bits per heavy atom. The summed E-state index contributed by atoms with van der Waals surface area (Å²) in [7, 11) is 0. The van der Waals surface area contributed by atoms with Gasteiger partial charge in [-0.25, -0.2) is 0 Å². The first-order chi connectivity index (χ1) is 8.31. The van der Waals surface area contributed by atoms with Crippen LogP contribution in [0.1, 0.15) is 30.1 Å². The van der Waals surface area contributed by atoms with Crippen LogP contribution in [0.15, 0.2) is 42.5 Å². The number of hydrogen-bond acceptors (Lipinski definition) is 1. The molecule has 17 heavy (non-hydrogen) atoms. The van der Waals surface area contributed by atoms with Gasteiger partial charge >= 0.3 is 108 Å². The van der Waals surface area contributed by atoms with Crippen LogP contribution in [0.5, 0.6) is 0 Å². The molecular formula is C15H16OSe. The van der Waals surface area contributed by atoms with Crippen molar-refractivity contribution in [1.29, 1.82) is 0 Å². The molecule has 88 valence electrons. The Balaban J connectivity index is 2.15. The number of fused-ring (bicyclic) bond motifs is 1. The molecule has 0 aliphatic rings. The van der Waals surface area contributed by atoms with Gasteiger partial charge in [-0.3, -0.25) is 0 Å². The second kappa shape index (κ2) is 5.99. The maximum atomic E-state index is 12.0. The zero-order valence-corrected chi connectivity index (χ0v) is 11.7. The molecule has 0 aliphatic carbocycles. The third kappa shape index (κ3) is 3.18. The van der Waals surface area contributed by atoms with Crippen LogP contribution in [0.25, 0.3) is 10.8 Å². The molecular weight excluding hydrogens is 275 g/mol. The van der Waals surface area contributed by atoms with E-state index in [1.54, 1.807) is 0 Å². The monoisotopic (exact) mass is 292 g/mol. The topological polar surface area (TPSA) is 17.1 Å². The Kier molecular flexibility index (Phi) is 4.35. The number of carbonyl (C=O) groups excluding carboxylic acids is 1. The molecule has 0 radical (unpaired) electrons. The van der Waals surface area contributed by atoms with Gasteiger partial charge in [0.1, 0.15) is 0 Å². The fourth-order valence-electron chi connectivity index (χ4n) is 1.71. The molecule has 2 rings (SSSR count). The van der Waals surface area contributed by atoms with E-state index in [0.29, 0.717) is 4.68 Å². The number of rotatable bonds is 5. The fraction of sp³-hybridized carbons (Fsp3) is 0.267. The summed E-state index contributed by atoms with van der Waals surface area (Å²) < 4.78 is 0.330. The first-order valence-electron chi connectivity index (χ1n) is 5.97. The van der Waals surface area contributed by atoms with Gasteiger partial charge in [-0.2, -0.15) is 0 Å². The van der Waals surface area contributed by atoms with E-state index in [-0.39, 0.29) is 15.0 Å². The van der Waals surface area contributed by atoms with Crippen molar-refractivity contribution in [2.75, 3.05) is 0 Å². The van der Waals surface area contributed by atoms with Gasteiger partial charge in [0.05, 0.1) is 0 Å². The SMILES string of the molecule is CCCC[Se]C(=O)c1ccc2ccccc2c1. The van der Waals surface area contributed by atoms with Crippen molar-refractivity contribution in [3.8, 4) is 0 Å². The molecule has 0 saturated carbocycles.